The molecular formula is C13H21NO5S. The van der Waals surface area contributed by atoms with Crippen molar-refractivity contribution in [2.75, 3.05) is 13.2 Å². The van der Waals surface area contributed by atoms with Crippen molar-refractivity contribution in [3.05, 3.63) is 29.8 Å². The molecule has 1 saturated heterocycles. The molecule has 6 nitrogen and oxygen atoms in total. The van der Waals surface area contributed by atoms with Crippen LogP contribution in [0, 0.1) is 6.92 Å². The fourth-order valence-corrected chi connectivity index (χ4v) is 2.16. The second kappa shape index (κ2) is 7.70. The van der Waals surface area contributed by atoms with Crippen molar-refractivity contribution >= 4 is 10.1 Å². The maximum atomic E-state index is 10.5. The van der Waals surface area contributed by atoms with Gasteiger partial charge in [-0.25, -0.2) is 0 Å². The van der Waals surface area contributed by atoms with Crippen molar-refractivity contribution in [3.63, 3.8) is 0 Å². The first kappa shape index (κ1) is 17.1. The largest absolute Gasteiger partial charge is 0.394 e. The number of benzene rings is 1. The van der Waals surface area contributed by atoms with Crippen LogP contribution in [0.2, 0.25) is 0 Å². The lowest BCUT2D eigenvalue weighted by Crippen LogP contribution is -2.36. The van der Waals surface area contributed by atoms with Gasteiger partial charge in [0.05, 0.1) is 24.2 Å². The molecule has 0 amide bonds. The van der Waals surface area contributed by atoms with Gasteiger partial charge in [-0.2, -0.15) is 8.42 Å². The van der Waals surface area contributed by atoms with Crippen molar-refractivity contribution in [1.82, 2.24) is 0 Å². The van der Waals surface area contributed by atoms with E-state index in [2.05, 4.69) is 0 Å². The van der Waals surface area contributed by atoms with Gasteiger partial charge in [-0.3, -0.25) is 4.55 Å². The molecule has 1 fully saturated rings. The molecule has 2 unspecified atom stereocenters. The van der Waals surface area contributed by atoms with Crippen LogP contribution in [-0.2, 0) is 14.9 Å². The number of nitrogens with two attached hydrogens (primary N) is 1. The number of hydrogen-bond acceptors (Lipinski definition) is 5. The van der Waals surface area contributed by atoms with Crippen LogP contribution in [-0.4, -0.2) is 43.4 Å². The first-order valence-electron chi connectivity index (χ1n) is 6.35. The summed E-state index contributed by atoms with van der Waals surface area (Å²) in [6, 6.07) is 6.18. The molecule has 1 aromatic rings. The maximum Gasteiger partial charge on any atom is 0.294 e. The topological polar surface area (TPSA) is 110 Å². The molecule has 0 radical (unpaired) electrons. The van der Waals surface area contributed by atoms with Crippen LogP contribution >= 0.6 is 0 Å². The number of aryl methyl sites for hydroxylation is 1. The Kier molecular flexibility index (Phi) is 6.57. The van der Waals surface area contributed by atoms with Gasteiger partial charge in [-0.1, -0.05) is 17.7 Å². The Morgan fingerprint density at radius 2 is 1.90 bits per heavy atom. The van der Waals surface area contributed by atoms with Gasteiger partial charge in [-0.05, 0) is 31.9 Å². The van der Waals surface area contributed by atoms with E-state index in [4.69, 9.17) is 20.1 Å². The lowest BCUT2D eigenvalue weighted by Gasteiger charge is -2.24. The second-order valence-corrected chi connectivity index (χ2v) is 6.19. The second-order valence-electron chi connectivity index (χ2n) is 4.76. The fraction of sp³-hybridized carbons (Fsp3) is 0.538. The molecular weight excluding hydrogens is 282 g/mol. The molecule has 2 rings (SSSR count). The zero-order chi connectivity index (χ0) is 15.2. The Morgan fingerprint density at radius 1 is 1.30 bits per heavy atom. The van der Waals surface area contributed by atoms with Gasteiger partial charge in [-0.15, -0.1) is 0 Å². The van der Waals surface area contributed by atoms with Gasteiger partial charge in [0.15, 0.2) is 0 Å². The molecule has 1 aliphatic rings. The monoisotopic (exact) mass is 303 g/mol. The Balaban J connectivity index is 0.000000204. The van der Waals surface area contributed by atoms with Crippen molar-refractivity contribution in [3.8, 4) is 0 Å². The average Bonchev–Trinajstić information content (AvgIpc) is 2.40. The van der Waals surface area contributed by atoms with Crippen molar-refractivity contribution in [2.45, 2.75) is 36.8 Å². The van der Waals surface area contributed by atoms with Crippen LogP contribution in [0.3, 0.4) is 0 Å². The minimum atomic E-state index is -4.02. The number of ether oxygens (including phenoxy) is 1. The van der Waals surface area contributed by atoms with Gasteiger partial charge < -0.3 is 15.6 Å². The number of aliphatic hydroxyl groups excluding tert-OH is 1. The summed E-state index contributed by atoms with van der Waals surface area (Å²) in [4.78, 5) is -0.0666. The molecule has 7 heteroatoms. The number of rotatable bonds is 2. The SMILES string of the molecule is Cc1ccc(S(=O)(=O)O)cc1.NC1CCC(CO)OC1. The fourth-order valence-electron chi connectivity index (χ4n) is 1.68. The van der Waals surface area contributed by atoms with Gasteiger partial charge in [0.1, 0.15) is 0 Å². The minimum absolute atomic E-state index is 0.0461. The molecule has 20 heavy (non-hydrogen) atoms. The molecule has 1 aliphatic heterocycles. The van der Waals surface area contributed by atoms with Gasteiger partial charge >= 0.3 is 0 Å². The van der Waals surface area contributed by atoms with Crippen LogP contribution in [0.1, 0.15) is 18.4 Å². The first-order chi connectivity index (χ1) is 9.32. The summed E-state index contributed by atoms with van der Waals surface area (Å²) in [7, 11) is -4.02. The highest BCUT2D eigenvalue weighted by atomic mass is 32.2. The Hall–Kier alpha value is -0.990. The first-order valence-corrected chi connectivity index (χ1v) is 7.79. The van der Waals surface area contributed by atoms with E-state index in [-0.39, 0.29) is 23.6 Å². The normalized spacial score (nSPS) is 22.8. The van der Waals surface area contributed by atoms with Gasteiger partial charge in [0, 0.05) is 6.04 Å². The third-order valence-corrected chi connectivity index (χ3v) is 3.80. The molecule has 0 spiro atoms. The number of hydrogen-bond donors (Lipinski definition) is 3. The lowest BCUT2D eigenvalue weighted by atomic mass is 10.1. The minimum Gasteiger partial charge on any atom is -0.394 e. The summed E-state index contributed by atoms with van der Waals surface area (Å²) in [5.41, 5.74) is 6.50. The highest BCUT2D eigenvalue weighted by Gasteiger charge is 2.17. The standard InChI is InChI=1S/C7H8O3S.C6H13NO2/c1-6-2-4-7(5-3-6)11(8,9)10;7-5-1-2-6(3-8)9-4-5/h2-5H,1H3,(H,8,9,10);5-6,8H,1-4,7H2. The highest BCUT2D eigenvalue weighted by molar-refractivity contribution is 7.85. The third-order valence-electron chi connectivity index (χ3n) is 2.93. The smallest absolute Gasteiger partial charge is 0.294 e. The van der Waals surface area contributed by atoms with E-state index in [1.54, 1.807) is 12.1 Å². The van der Waals surface area contributed by atoms with Gasteiger partial charge in [0.25, 0.3) is 10.1 Å². The molecule has 1 heterocycles. The van der Waals surface area contributed by atoms with E-state index in [1.165, 1.54) is 12.1 Å². The van der Waals surface area contributed by atoms with Gasteiger partial charge in [0.2, 0.25) is 0 Å². The maximum absolute atomic E-state index is 10.5. The predicted octanol–water partition coefficient (Wildman–Crippen LogP) is 0.727. The zero-order valence-electron chi connectivity index (χ0n) is 11.4. The van der Waals surface area contributed by atoms with E-state index in [0.29, 0.717) is 6.61 Å². The van der Waals surface area contributed by atoms with E-state index in [1.807, 2.05) is 6.92 Å². The molecule has 4 N–H and O–H groups in total. The highest BCUT2D eigenvalue weighted by Crippen LogP contribution is 2.10. The molecule has 0 aromatic heterocycles. The molecule has 0 bridgehead atoms. The van der Waals surface area contributed by atoms with Crippen molar-refractivity contribution in [1.29, 1.82) is 0 Å². The molecule has 1 aromatic carbocycles. The summed E-state index contributed by atoms with van der Waals surface area (Å²) in [5.74, 6) is 0. The lowest BCUT2D eigenvalue weighted by molar-refractivity contribution is -0.0254. The number of aliphatic hydroxyl groups is 1. The quantitative estimate of drug-likeness (QED) is 0.695. The Morgan fingerprint density at radius 3 is 2.30 bits per heavy atom. The predicted molar refractivity (Wildman–Crippen MR) is 75.0 cm³/mol. The van der Waals surface area contributed by atoms with Crippen molar-refractivity contribution < 1.29 is 22.8 Å². The van der Waals surface area contributed by atoms with Crippen LogP contribution in [0.25, 0.3) is 0 Å². The van der Waals surface area contributed by atoms with Crippen LogP contribution in [0.15, 0.2) is 29.2 Å². The average molecular weight is 303 g/mol. The van der Waals surface area contributed by atoms with E-state index in [9.17, 15) is 8.42 Å². The Labute approximate surface area is 119 Å². The summed E-state index contributed by atoms with van der Waals surface area (Å²) in [6.07, 6.45) is 1.92. The molecule has 0 saturated carbocycles. The van der Waals surface area contributed by atoms with Crippen LogP contribution < -0.4 is 5.73 Å². The van der Waals surface area contributed by atoms with Crippen LogP contribution in [0.4, 0.5) is 0 Å². The van der Waals surface area contributed by atoms with Crippen molar-refractivity contribution in [2.24, 2.45) is 5.73 Å². The van der Waals surface area contributed by atoms with E-state index in [0.717, 1.165) is 18.4 Å². The summed E-state index contributed by atoms with van der Waals surface area (Å²) in [6.45, 7) is 2.58. The molecule has 0 aliphatic carbocycles. The molecule has 114 valence electrons. The molecule has 2 atom stereocenters. The zero-order valence-corrected chi connectivity index (χ0v) is 12.2. The third kappa shape index (κ3) is 5.98. The van der Waals surface area contributed by atoms with E-state index < -0.39 is 10.1 Å². The summed E-state index contributed by atoms with van der Waals surface area (Å²) in [5, 5.41) is 8.61. The summed E-state index contributed by atoms with van der Waals surface area (Å²) >= 11 is 0. The van der Waals surface area contributed by atoms with Crippen LogP contribution in [0.5, 0.6) is 0 Å². The Bertz CT molecular complexity index is 492. The van der Waals surface area contributed by atoms with E-state index >= 15 is 0 Å². The summed E-state index contributed by atoms with van der Waals surface area (Å²) < 4.78 is 34.7.